The molecule has 1 aliphatic carbocycles. The van der Waals surface area contributed by atoms with Crippen LogP contribution in [0.2, 0.25) is 10.0 Å². The minimum atomic E-state index is -0.505. The lowest BCUT2D eigenvalue weighted by Gasteiger charge is -2.48. The Morgan fingerprint density at radius 3 is 2.47 bits per heavy atom. The molecule has 2 heterocycles. The van der Waals surface area contributed by atoms with Gasteiger partial charge < -0.3 is 15.2 Å². The van der Waals surface area contributed by atoms with Gasteiger partial charge in [0.1, 0.15) is 0 Å². The summed E-state index contributed by atoms with van der Waals surface area (Å²) in [5.41, 5.74) is 3.60. The summed E-state index contributed by atoms with van der Waals surface area (Å²) < 4.78 is 5.17. The van der Waals surface area contributed by atoms with Crippen molar-refractivity contribution >= 4 is 29.1 Å². The van der Waals surface area contributed by atoms with Crippen LogP contribution in [-0.4, -0.2) is 35.8 Å². The summed E-state index contributed by atoms with van der Waals surface area (Å²) in [5.74, 6) is 0.652. The number of nitrogens with one attached hydrogen (secondary N) is 1. The summed E-state index contributed by atoms with van der Waals surface area (Å²) in [6.07, 6.45) is 4.09. The fourth-order valence-electron chi connectivity index (χ4n) is 6.54. The average Bonchev–Trinajstić information content (AvgIpc) is 3.20. The number of aliphatic hydroxyl groups is 1. The Labute approximate surface area is 221 Å². The smallest absolute Gasteiger partial charge is 0.226 e. The third-order valence-electron chi connectivity index (χ3n) is 8.32. The minimum Gasteiger partial charge on any atom is -0.481 e. The Bertz CT molecular complexity index is 1250. The van der Waals surface area contributed by atoms with Crippen molar-refractivity contribution in [3.05, 3.63) is 82.0 Å². The van der Waals surface area contributed by atoms with E-state index in [0.717, 1.165) is 41.5 Å². The second kappa shape index (κ2) is 10.0. The zero-order valence-corrected chi connectivity index (χ0v) is 21.9. The first-order valence-electron chi connectivity index (χ1n) is 12.4. The van der Waals surface area contributed by atoms with E-state index in [1.165, 1.54) is 0 Å². The number of benzene rings is 2. The van der Waals surface area contributed by atoms with Gasteiger partial charge in [0.25, 0.3) is 0 Å². The summed E-state index contributed by atoms with van der Waals surface area (Å²) >= 11 is 13.2. The largest absolute Gasteiger partial charge is 0.481 e. The lowest BCUT2D eigenvalue weighted by molar-refractivity contribution is -0.131. The molecule has 2 N–H and O–H groups in total. The summed E-state index contributed by atoms with van der Waals surface area (Å²) in [6, 6.07) is 17.6. The van der Waals surface area contributed by atoms with Crippen molar-refractivity contribution in [1.29, 1.82) is 0 Å². The zero-order valence-electron chi connectivity index (χ0n) is 20.4. The van der Waals surface area contributed by atoms with E-state index >= 15 is 0 Å². The summed E-state index contributed by atoms with van der Waals surface area (Å²) in [7, 11) is 1.59. The number of amides is 1. The fraction of sp³-hybridized carbons (Fsp3) is 0.379. The topological polar surface area (TPSA) is 71.5 Å². The molecule has 5 atom stereocenters. The van der Waals surface area contributed by atoms with E-state index in [-0.39, 0.29) is 36.3 Å². The third-order valence-corrected chi connectivity index (χ3v) is 8.90. The molecule has 2 aliphatic rings. The molecule has 36 heavy (non-hydrogen) atoms. The molecule has 1 aromatic heterocycles. The number of aromatic nitrogens is 1. The van der Waals surface area contributed by atoms with Crippen LogP contribution in [0.3, 0.4) is 0 Å². The Hall–Kier alpha value is -2.60. The lowest BCUT2D eigenvalue weighted by atomic mass is 9.54. The van der Waals surface area contributed by atoms with Gasteiger partial charge in [-0.05, 0) is 72.1 Å². The van der Waals surface area contributed by atoms with Gasteiger partial charge in [0.15, 0.2) is 0 Å². The van der Waals surface area contributed by atoms with Crippen LogP contribution in [0.5, 0.6) is 5.88 Å². The van der Waals surface area contributed by atoms with E-state index < -0.39 is 5.41 Å². The number of ether oxygens (including phenoxy) is 1. The number of carbonyl (C=O) groups excluding carboxylic acids is 1. The van der Waals surface area contributed by atoms with Crippen molar-refractivity contribution in [1.82, 2.24) is 10.3 Å². The van der Waals surface area contributed by atoms with Crippen LogP contribution in [0.25, 0.3) is 11.1 Å². The molecule has 2 fully saturated rings. The van der Waals surface area contributed by atoms with Crippen molar-refractivity contribution in [2.24, 2.45) is 11.3 Å². The maximum atomic E-state index is 13.2. The van der Waals surface area contributed by atoms with Gasteiger partial charge in [0.05, 0.1) is 25.2 Å². The standard InChI is InChI=1S/C29H30Cl2N2O3/c1-3-29-13-12-22(21-10-6-18(14-23(21)31)19-7-11-25(36-2)32-15-19)26(17-4-8-20(30)9-5-17)27(29)24(16-34)33-28(29)35/h4-11,14-15,22,24,26-27,34H,3,12-13,16H2,1-2H3,(H,33,35)/t22-,24+,26-,27-,29+/m0/s1. The second-order valence-corrected chi connectivity index (χ2v) is 10.7. The van der Waals surface area contributed by atoms with Crippen molar-refractivity contribution in [2.45, 2.75) is 44.1 Å². The first-order valence-corrected chi connectivity index (χ1v) is 13.1. The number of hydrogen-bond acceptors (Lipinski definition) is 4. The molecule has 3 aromatic rings. The number of hydrogen-bond donors (Lipinski definition) is 2. The van der Waals surface area contributed by atoms with Crippen LogP contribution in [0.1, 0.15) is 49.1 Å². The van der Waals surface area contributed by atoms with Crippen LogP contribution >= 0.6 is 23.2 Å². The SMILES string of the molecule is CC[C@@]12CC[C@@H](c3ccc(-c4ccc(OC)nc4)cc3Cl)[C@H](c3ccc(Cl)cc3)[C@@H]1[C@@H](CO)NC2=O. The number of carbonyl (C=O) groups is 1. The normalized spacial score (nSPS) is 27.4. The Kier molecular flexibility index (Phi) is 6.99. The van der Waals surface area contributed by atoms with Gasteiger partial charge in [-0.15, -0.1) is 0 Å². The number of aliphatic hydroxyl groups excluding tert-OH is 1. The van der Waals surface area contributed by atoms with Gasteiger partial charge in [-0.25, -0.2) is 4.98 Å². The van der Waals surface area contributed by atoms with Crippen LogP contribution in [0, 0.1) is 11.3 Å². The Morgan fingerprint density at radius 1 is 1.11 bits per heavy atom. The Morgan fingerprint density at radius 2 is 1.86 bits per heavy atom. The van der Waals surface area contributed by atoms with Gasteiger partial charge in [-0.3, -0.25) is 4.79 Å². The first-order chi connectivity index (χ1) is 17.4. The van der Waals surface area contributed by atoms with E-state index in [2.05, 4.69) is 29.4 Å². The van der Waals surface area contributed by atoms with Gasteiger partial charge >= 0.3 is 0 Å². The number of fused-ring (bicyclic) bond motifs is 1. The fourth-order valence-corrected chi connectivity index (χ4v) is 6.99. The monoisotopic (exact) mass is 524 g/mol. The molecule has 0 radical (unpaired) electrons. The van der Waals surface area contributed by atoms with E-state index in [4.69, 9.17) is 27.9 Å². The summed E-state index contributed by atoms with van der Waals surface area (Å²) in [4.78, 5) is 17.5. The second-order valence-electron chi connectivity index (χ2n) is 9.85. The van der Waals surface area contributed by atoms with Crippen LogP contribution < -0.4 is 10.1 Å². The molecule has 2 aromatic carbocycles. The number of rotatable bonds is 6. The molecule has 5 rings (SSSR count). The van der Waals surface area contributed by atoms with Gasteiger partial charge in [-0.1, -0.05) is 54.4 Å². The highest BCUT2D eigenvalue weighted by Gasteiger charge is 2.60. The van der Waals surface area contributed by atoms with Crippen molar-refractivity contribution in [2.75, 3.05) is 13.7 Å². The highest BCUT2D eigenvalue weighted by Crippen LogP contribution is 2.60. The maximum absolute atomic E-state index is 13.2. The van der Waals surface area contributed by atoms with Gasteiger partial charge in [0, 0.05) is 33.8 Å². The number of methoxy groups -OCH3 is 1. The summed E-state index contributed by atoms with van der Waals surface area (Å²) in [5, 5.41) is 14.7. The molecular formula is C29H30Cl2N2O3. The van der Waals surface area contributed by atoms with Crippen LogP contribution in [0.15, 0.2) is 60.8 Å². The van der Waals surface area contributed by atoms with Gasteiger partial charge in [-0.2, -0.15) is 0 Å². The van der Waals surface area contributed by atoms with E-state index in [0.29, 0.717) is 15.9 Å². The van der Waals surface area contributed by atoms with Crippen molar-refractivity contribution in [3.63, 3.8) is 0 Å². The van der Waals surface area contributed by atoms with Crippen LogP contribution in [-0.2, 0) is 4.79 Å². The minimum absolute atomic E-state index is 0.00179. The molecule has 1 aliphatic heterocycles. The molecule has 5 nitrogen and oxygen atoms in total. The van der Waals surface area contributed by atoms with E-state index in [9.17, 15) is 9.90 Å². The van der Waals surface area contributed by atoms with Crippen molar-refractivity contribution in [3.8, 4) is 17.0 Å². The molecule has 1 amide bonds. The Balaban J connectivity index is 1.58. The number of nitrogens with zero attached hydrogens (tertiary/aromatic N) is 1. The highest BCUT2D eigenvalue weighted by molar-refractivity contribution is 6.31. The summed E-state index contributed by atoms with van der Waals surface area (Å²) in [6.45, 7) is 1.99. The average molecular weight is 525 g/mol. The van der Waals surface area contributed by atoms with Crippen LogP contribution in [0.4, 0.5) is 0 Å². The maximum Gasteiger partial charge on any atom is 0.226 e. The molecule has 1 saturated carbocycles. The molecule has 1 saturated heterocycles. The van der Waals surface area contributed by atoms with E-state index in [1.807, 2.05) is 42.5 Å². The lowest BCUT2D eigenvalue weighted by Crippen LogP contribution is -2.45. The highest BCUT2D eigenvalue weighted by atomic mass is 35.5. The zero-order chi connectivity index (χ0) is 25.4. The molecule has 188 valence electrons. The molecular weight excluding hydrogens is 495 g/mol. The number of halogens is 2. The van der Waals surface area contributed by atoms with Gasteiger partial charge in [0.2, 0.25) is 11.8 Å². The third kappa shape index (κ3) is 4.17. The molecule has 7 heteroatoms. The van der Waals surface area contributed by atoms with Crippen molar-refractivity contribution < 1.29 is 14.6 Å². The first kappa shape index (κ1) is 25.1. The number of pyridine rings is 1. The molecule has 0 spiro atoms. The predicted molar refractivity (Wildman–Crippen MR) is 143 cm³/mol. The predicted octanol–water partition coefficient (Wildman–Crippen LogP) is 6.23. The molecule has 0 unspecified atom stereocenters. The van der Waals surface area contributed by atoms with E-state index in [1.54, 1.807) is 13.3 Å². The molecule has 0 bridgehead atoms. The quantitative estimate of drug-likeness (QED) is 0.401.